The number of hydrogen-bond acceptors (Lipinski definition) is 3. The van der Waals surface area contributed by atoms with Gasteiger partial charge in [0.15, 0.2) is 6.29 Å². The van der Waals surface area contributed by atoms with Crippen LogP contribution in [0.15, 0.2) is 42.5 Å². The lowest BCUT2D eigenvalue weighted by molar-refractivity contribution is -0.211. The summed E-state index contributed by atoms with van der Waals surface area (Å²) in [6.45, 7) is 14.4. The average molecular weight is 414 g/mol. The summed E-state index contributed by atoms with van der Waals surface area (Å²) in [7, 11) is 0. The molecule has 1 unspecified atom stereocenters. The van der Waals surface area contributed by atoms with Gasteiger partial charge in [0.2, 0.25) is 5.91 Å². The van der Waals surface area contributed by atoms with E-state index in [1.807, 2.05) is 52.8 Å². The molecular formula is C26H39NO3. The molecule has 0 fully saturated rings. The van der Waals surface area contributed by atoms with Crippen molar-refractivity contribution in [3.63, 3.8) is 0 Å². The van der Waals surface area contributed by atoms with Crippen molar-refractivity contribution in [3.05, 3.63) is 48.0 Å². The second-order valence-electron chi connectivity index (χ2n) is 9.19. The van der Waals surface area contributed by atoms with E-state index in [0.717, 1.165) is 12.0 Å². The zero-order valence-electron chi connectivity index (χ0n) is 19.6. The normalized spacial score (nSPS) is 14.1. The molecule has 2 rings (SSSR count). The Kier molecular flexibility index (Phi) is 9.32. The number of rotatable bonds is 11. The fourth-order valence-corrected chi connectivity index (χ4v) is 3.93. The molecule has 0 heterocycles. The minimum atomic E-state index is -0.383. The molecule has 2 aromatic carbocycles. The van der Waals surface area contributed by atoms with Crippen LogP contribution in [0.2, 0.25) is 0 Å². The van der Waals surface area contributed by atoms with E-state index in [4.69, 9.17) is 9.47 Å². The first-order chi connectivity index (χ1) is 14.2. The lowest BCUT2D eigenvalue weighted by atomic mass is 9.92. The molecule has 0 bridgehead atoms. The SMILES string of the molecule is CC(C)CC(CC(=O)N[C@@H](C)c1cccc2ccccc12)C(OC(C)C)OC(C)C. The highest BCUT2D eigenvalue weighted by Gasteiger charge is 2.29. The Morgan fingerprint density at radius 3 is 2.07 bits per heavy atom. The zero-order valence-corrected chi connectivity index (χ0v) is 19.6. The molecule has 0 saturated heterocycles. The van der Waals surface area contributed by atoms with Crippen LogP contribution < -0.4 is 5.32 Å². The monoisotopic (exact) mass is 413 g/mol. The van der Waals surface area contributed by atoms with Crippen LogP contribution >= 0.6 is 0 Å². The smallest absolute Gasteiger partial charge is 0.220 e. The summed E-state index contributed by atoms with van der Waals surface area (Å²) in [5, 5.41) is 5.56. The van der Waals surface area contributed by atoms with E-state index in [2.05, 4.69) is 43.4 Å². The molecule has 1 amide bonds. The van der Waals surface area contributed by atoms with Crippen molar-refractivity contribution in [1.82, 2.24) is 5.32 Å². The molecular weight excluding hydrogens is 374 g/mol. The number of fused-ring (bicyclic) bond motifs is 1. The Balaban J connectivity index is 2.13. The van der Waals surface area contributed by atoms with E-state index in [1.165, 1.54) is 10.8 Å². The van der Waals surface area contributed by atoms with Crippen LogP contribution in [0.5, 0.6) is 0 Å². The topological polar surface area (TPSA) is 47.6 Å². The minimum absolute atomic E-state index is 0.00881. The minimum Gasteiger partial charge on any atom is -0.350 e. The standard InChI is InChI=1S/C26H39NO3/c1-17(2)15-22(26(29-18(3)4)30-19(5)6)16-25(28)27-20(7)23-14-10-12-21-11-8-9-13-24(21)23/h8-14,17-20,22,26H,15-16H2,1-7H3,(H,27,28)/t20-,22?/m0/s1. The maximum atomic E-state index is 13.0. The molecule has 2 atom stereocenters. The average Bonchev–Trinajstić information content (AvgIpc) is 2.65. The van der Waals surface area contributed by atoms with Crippen molar-refractivity contribution in [2.75, 3.05) is 0 Å². The lowest BCUT2D eigenvalue weighted by Crippen LogP contribution is -2.37. The third-order valence-corrected chi connectivity index (χ3v) is 5.09. The van der Waals surface area contributed by atoms with Crippen molar-refractivity contribution in [1.29, 1.82) is 0 Å². The summed E-state index contributed by atoms with van der Waals surface area (Å²) in [5.74, 6) is 0.493. The molecule has 30 heavy (non-hydrogen) atoms. The fourth-order valence-electron chi connectivity index (χ4n) is 3.93. The Bertz CT molecular complexity index is 784. The van der Waals surface area contributed by atoms with Gasteiger partial charge in [0.1, 0.15) is 0 Å². The number of hydrogen-bond donors (Lipinski definition) is 1. The number of carbonyl (C=O) groups excluding carboxylic acids is 1. The zero-order chi connectivity index (χ0) is 22.3. The number of ether oxygens (including phenoxy) is 2. The van der Waals surface area contributed by atoms with Crippen LogP contribution in [0.3, 0.4) is 0 Å². The van der Waals surface area contributed by atoms with E-state index in [0.29, 0.717) is 12.3 Å². The van der Waals surface area contributed by atoms with Crippen molar-refractivity contribution in [2.45, 2.75) is 85.8 Å². The first-order valence-corrected chi connectivity index (χ1v) is 11.2. The Labute approximate surface area is 182 Å². The molecule has 4 nitrogen and oxygen atoms in total. The second-order valence-corrected chi connectivity index (χ2v) is 9.19. The summed E-state index contributed by atoms with van der Waals surface area (Å²) < 4.78 is 12.1. The van der Waals surface area contributed by atoms with Gasteiger partial charge in [0.25, 0.3) is 0 Å². The van der Waals surface area contributed by atoms with Gasteiger partial charge in [-0.05, 0) is 63.3 Å². The van der Waals surface area contributed by atoms with E-state index in [9.17, 15) is 4.79 Å². The molecule has 166 valence electrons. The molecule has 0 spiro atoms. The summed E-state index contributed by atoms with van der Waals surface area (Å²) in [6, 6.07) is 14.4. The predicted octanol–water partition coefficient (Wildman–Crippen LogP) is 6.25. The van der Waals surface area contributed by atoms with Gasteiger partial charge in [-0.1, -0.05) is 56.3 Å². The van der Waals surface area contributed by atoms with E-state index >= 15 is 0 Å². The summed E-state index contributed by atoms with van der Waals surface area (Å²) in [6.07, 6.45) is 0.963. The van der Waals surface area contributed by atoms with Gasteiger partial charge in [-0.2, -0.15) is 0 Å². The van der Waals surface area contributed by atoms with Crippen molar-refractivity contribution >= 4 is 16.7 Å². The molecule has 0 aliphatic rings. The summed E-state index contributed by atoms with van der Waals surface area (Å²) in [5.41, 5.74) is 1.13. The van der Waals surface area contributed by atoms with E-state index < -0.39 is 0 Å². The Hall–Kier alpha value is -1.91. The van der Waals surface area contributed by atoms with Crippen molar-refractivity contribution < 1.29 is 14.3 Å². The maximum Gasteiger partial charge on any atom is 0.220 e. The predicted molar refractivity (Wildman–Crippen MR) is 124 cm³/mol. The summed E-state index contributed by atoms with van der Waals surface area (Å²) >= 11 is 0. The van der Waals surface area contributed by atoms with Gasteiger partial charge in [0, 0.05) is 12.3 Å². The third-order valence-electron chi connectivity index (χ3n) is 5.09. The van der Waals surface area contributed by atoms with Crippen LogP contribution in [-0.4, -0.2) is 24.4 Å². The number of benzene rings is 2. The molecule has 0 aromatic heterocycles. The molecule has 0 saturated carbocycles. The van der Waals surface area contributed by atoms with Crippen LogP contribution in [0.1, 0.15) is 72.9 Å². The highest BCUT2D eigenvalue weighted by molar-refractivity contribution is 5.86. The quantitative estimate of drug-likeness (QED) is 0.443. The maximum absolute atomic E-state index is 13.0. The molecule has 4 heteroatoms. The molecule has 0 aliphatic heterocycles. The van der Waals surface area contributed by atoms with Crippen LogP contribution in [0.4, 0.5) is 0 Å². The summed E-state index contributed by atoms with van der Waals surface area (Å²) in [4.78, 5) is 13.0. The first-order valence-electron chi connectivity index (χ1n) is 11.2. The van der Waals surface area contributed by atoms with Gasteiger partial charge in [-0.3, -0.25) is 4.79 Å². The van der Waals surface area contributed by atoms with Crippen LogP contribution in [0.25, 0.3) is 10.8 Å². The molecule has 0 aliphatic carbocycles. The Morgan fingerprint density at radius 1 is 0.867 bits per heavy atom. The van der Waals surface area contributed by atoms with E-state index in [1.54, 1.807) is 0 Å². The lowest BCUT2D eigenvalue weighted by Gasteiger charge is -2.31. The third kappa shape index (κ3) is 7.41. The van der Waals surface area contributed by atoms with Gasteiger partial charge in [0.05, 0.1) is 18.2 Å². The largest absolute Gasteiger partial charge is 0.350 e. The van der Waals surface area contributed by atoms with Gasteiger partial charge >= 0.3 is 0 Å². The molecule has 2 aromatic rings. The van der Waals surface area contributed by atoms with Crippen LogP contribution in [-0.2, 0) is 14.3 Å². The molecule has 1 N–H and O–H groups in total. The highest BCUT2D eigenvalue weighted by atomic mass is 16.7. The second kappa shape index (κ2) is 11.5. The van der Waals surface area contributed by atoms with Crippen molar-refractivity contribution in [3.8, 4) is 0 Å². The number of amides is 1. The fraction of sp³-hybridized carbons (Fsp3) is 0.577. The van der Waals surface area contributed by atoms with Crippen molar-refractivity contribution in [2.24, 2.45) is 11.8 Å². The highest BCUT2D eigenvalue weighted by Crippen LogP contribution is 2.27. The van der Waals surface area contributed by atoms with Gasteiger partial charge < -0.3 is 14.8 Å². The number of carbonyl (C=O) groups is 1. The van der Waals surface area contributed by atoms with Crippen LogP contribution in [0, 0.1) is 11.8 Å². The first kappa shape index (κ1) is 24.4. The number of nitrogens with one attached hydrogen (secondary N) is 1. The van der Waals surface area contributed by atoms with Gasteiger partial charge in [-0.25, -0.2) is 0 Å². The Morgan fingerprint density at radius 2 is 1.47 bits per heavy atom. The van der Waals surface area contributed by atoms with Gasteiger partial charge in [-0.15, -0.1) is 0 Å². The molecule has 0 radical (unpaired) electrons. The van der Waals surface area contributed by atoms with E-state index in [-0.39, 0.29) is 36.4 Å².